The standard InChI is InChI=1S/C2H4Cl2.Al/c1-2(3)4;/h2H,1H3;. The maximum atomic E-state index is 5.04. The first kappa shape index (κ1) is 9.45. The molecule has 0 saturated heterocycles. The van der Waals surface area contributed by atoms with Crippen molar-refractivity contribution in [2.24, 2.45) is 0 Å². The van der Waals surface area contributed by atoms with Crippen LogP contribution in [0.1, 0.15) is 6.92 Å². The lowest BCUT2D eigenvalue weighted by Gasteiger charge is -1.72. The third-order valence-electron chi connectivity index (χ3n) is 0. The molecule has 0 spiro atoms. The molecular formula is C2H4AlCl2. The Kier molecular flexibility index (Phi) is 9.66. The zero-order chi connectivity index (χ0) is 3.58. The molecule has 0 aromatic rings. The van der Waals surface area contributed by atoms with Crippen molar-refractivity contribution in [2.75, 3.05) is 0 Å². The van der Waals surface area contributed by atoms with Crippen molar-refractivity contribution in [1.29, 1.82) is 0 Å². The predicted octanol–water partition coefficient (Wildman–Crippen LogP) is 1.43. The van der Waals surface area contributed by atoms with Gasteiger partial charge in [-0.25, -0.2) is 0 Å². The average Bonchev–Trinajstić information content (AvgIpc) is 0.811. The summed E-state index contributed by atoms with van der Waals surface area (Å²) in [5, 5.41) is 0. The van der Waals surface area contributed by atoms with E-state index in [4.69, 9.17) is 23.2 Å². The van der Waals surface area contributed by atoms with Gasteiger partial charge in [-0.3, -0.25) is 0 Å². The molecule has 0 aromatic heterocycles. The topological polar surface area (TPSA) is 0 Å². The first-order valence-corrected chi connectivity index (χ1v) is 1.89. The molecule has 0 aliphatic carbocycles. The molecule has 3 radical (unpaired) electrons. The van der Waals surface area contributed by atoms with E-state index in [1.807, 2.05) is 0 Å². The second kappa shape index (κ2) is 5.11. The third-order valence-corrected chi connectivity index (χ3v) is 0. The minimum Gasteiger partial charge on any atom is -0.106 e. The van der Waals surface area contributed by atoms with Crippen LogP contribution in [-0.2, 0) is 0 Å². The van der Waals surface area contributed by atoms with Crippen LogP contribution < -0.4 is 0 Å². The molecule has 3 heteroatoms. The van der Waals surface area contributed by atoms with Crippen LogP contribution in [0.5, 0.6) is 0 Å². The second-order valence-corrected chi connectivity index (χ2v) is 2.05. The molecule has 0 fully saturated rings. The van der Waals surface area contributed by atoms with Gasteiger partial charge >= 0.3 is 0 Å². The van der Waals surface area contributed by atoms with E-state index < -0.39 is 0 Å². The van der Waals surface area contributed by atoms with Crippen LogP contribution >= 0.6 is 23.2 Å². The molecule has 5 heavy (non-hydrogen) atoms. The van der Waals surface area contributed by atoms with Crippen molar-refractivity contribution in [1.82, 2.24) is 0 Å². The van der Waals surface area contributed by atoms with Crippen LogP contribution in [0.2, 0.25) is 0 Å². The smallest absolute Gasteiger partial charge is 0.105 e. The highest BCUT2D eigenvalue weighted by Gasteiger charge is 1.75. The van der Waals surface area contributed by atoms with E-state index >= 15 is 0 Å². The summed E-state index contributed by atoms with van der Waals surface area (Å²) >= 11 is 10.1. The Balaban J connectivity index is 0. The van der Waals surface area contributed by atoms with Gasteiger partial charge in [-0.2, -0.15) is 0 Å². The monoisotopic (exact) mass is 125 g/mol. The second-order valence-electron chi connectivity index (χ2n) is 0.519. The molecule has 0 bridgehead atoms. The van der Waals surface area contributed by atoms with Crippen LogP contribution in [0, 0.1) is 0 Å². The van der Waals surface area contributed by atoms with Crippen LogP contribution in [0.4, 0.5) is 0 Å². The Bertz CT molecular complexity index is 12.4. The summed E-state index contributed by atoms with van der Waals surface area (Å²) in [5.74, 6) is 0. The largest absolute Gasteiger partial charge is 0.106 e. The van der Waals surface area contributed by atoms with Gasteiger partial charge in [-0.05, 0) is 6.92 Å². The molecule has 0 amide bonds. The summed E-state index contributed by atoms with van der Waals surface area (Å²) in [6.07, 6.45) is 0. The molecule has 0 nitrogen and oxygen atoms in total. The first-order valence-electron chi connectivity index (χ1n) is 1.01. The van der Waals surface area contributed by atoms with Crippen molar-refractivity contribution < 1.29 is 0 Å². The molecule has 0 heterocycles. The lowest BCUT2D eigenvalue weighted by atomic mass is 11.0. The summed E-state index contributed by atoms with van der Waals surface area (Å²) in [4.78, 5) is -0.222. The summed E-state index contributed by atoms with van der Waals surface area (Å²) in [5.41, 5.74) is 0. The SMILES string of the molecule is CC(Cl)Cl.[Al]. The van der Waals surface area contributed by atoms with Crippen LogP contribution in [0.3, 0.4) is 0 Å². The van der Waals surface area contributed by atoms with Gasteiger partial charge in [-0.1, -0.05) is 0 Å². The molecule has 0 aliphatic rings. The normalized spacial score (nSPS) is 7.20. The van der Waals surface area contributed by atoms with E-state index in [9.17, 15) is 0 Å². The van der Waals surface area contributed by atoms with Crippen LogP contribution in [0.15, 0.2) is 0 Å². The van der Waals surface area contributed by atoms with Gasteiger partial charge in [0.15, 0.2) is 0 Å². The van der Waals surface area contributed by atoms with E-state index in [1.165, 1.54) is 0 Å². The van der Waals surface area contributed by atoms with E-state index in [-0.39, 0.29) is 22.2 Å². The molecular weight excluding hydrogens is 122 g/mol. The summed E-state index contributed by atoms with van der Waals surface area (Å²) in [7, 11) is 0. The molecule has 0 rings (SSSR count). The fraction of sp³-hybridized carbons (Fsp3) is 1.00. The highest BCUT2D eigenvalue weighted by atomic mass is 35.5. The fourth-order valence-corrected chi connectivity index (χ4v) is 0. The molecule has 0 aliphatic heterocycles. The Morgan fingerprint density at radius 1 is 1.40 bits per heavy atom. The first-order chi connectivity index (χ1) is 1.73. The summed E-state index contributed by atoms with van der Waals surface area (Å²) in [6.45, 7) is 1.70. The Labute approximate surface area is 52.6 Å². The van der Waals surface area contributed by atoms with Gasteiger partial charge < -0.3 is 0 Å². The van der Waals surface area contributed by atoms with E-state index in [0.29, 0.717) is 0 Å². The number of halogens is 2. The third kappa shape index (κ3) is 40.0. The predicted molar refractivity (Wildman–Crippen MR) is 26.9 cm³/mol. The number of alkyl halides is 2. The molecule has 29 valence electrons. The number of rotatable bonds is 0. The zero-order valence-electron chi connectivity index (χ0n) is 2.91. The minimum absolute atomic E-state index is 0. The van der Waals surface area contributed by atoms with Gasteiger partial charge in [0.25, 0.3) is 0 Å². The van der Waals surface area contributed by atoms with Crippen molar-refractivity contribution in [3.05, 3.63) is 0 Å². The van der Waals surface area contributed by atoms with Crippen molar-refractivity contribution in [3.8, 4) is 0 Å². The molecule has 0 aromatic carbocycles. The number of hydrogen-bond acceptors (Lipinski definition) is 0. The van der Waals surface area contributed by atoms with Gasteiger partial charge in [-0.15, -0.1) is 23.2 Å². The van der Waals surface area contributed by atoms with E-state index in [0.717, 1.165) is 0 Å². The Morgan fingerprint density at radius 2 is 1.40 bits per heavy atom. The lowest BCUT2D eigenvalue weighted by Crippen LogP contribution is -1.63. The lowest BCUT2D eigenvalue weighted by molar-refractivity contribution is 1.39. The highest BCUT2D eigenvalue weighted by Crippen LogP contribution is 1.95. The Hall–Kier alpha value is 1.11. The van der Waals surface area contributed by atoms with Gasteiger partial charge in [0.1, 0.15) is 4.84 Å². The van der Waals surface area contributed by atoms with Crippen molar-refractivity contribution in [2.45, 2.75) is 11.8 Å². The molecule has 0 atom stereocenters. The van der Waals surface area contributed by atoms with E-state index in [2.05, 4.69) is 0 Å². The fourth-order valence-electron chi connectivity index (χ4n) is 0. The highest BCUT2D eigenvalue weighted by molar-refractivity contribution is 6.43. The summed E-state index contributed by atoms with van der Waals surface area (Å²) < 4.78 is 0. The van der Waals surface area contributed by atoms with E-state index in [1.54, 1.807) is 6.92 Å². The average molecular weight is 126 g/mol. The number of hydrogen-bond donors (Lipinski definition) is 0. The molecule has 0 unspecified atom stereocenters. The minimum atomic E-state index is -0.222. The zero-order valence-corrected chi connectivity index (χ0v) is 5.58. The quantitative estimate of drug-likeness (QED) is 0.340. The maximum absolute atomic E-state index is 5.04. The van der Waals surface area contributed by atoms with Gasteiger partial charge in [0, 0.05) is 17.4 Å². The van der Waals surface area contributed by atoms with Gasteiger partial charge in [0.05, 0.1) is 0 Å². The van der Waals surface area contributed by atoms with Gasteiger partial charge in [0.2, 0.25) is 0 Å². The van der Waals surface area contributed by atoms with Crippen molar-refractivity contribution >= 4 is 40.6 Å². The summed E-state index contributed by atoms with van der Waals surface area (Å²) in [6, 6.07) is 0. The molecule has 0 saturated carbocycles. The van der Waals surface area contributed by atoms with Crippen LogP contribution in [-0.4, -0.2) is 22.2 Å². The Morgan fingerprint density at radius 3 is 1.40 bits per heavy atom. The van der Waals surface area contributed by atoms with Crippen LogP contribution in [0.25, 0.3) is 0 Å². The maximum Gasteiger partial charge on any atom is 0.105 e. The van der Waals surface area contributed by atoms with Crippen molar-refractivity contribution in [3.63, 3.8) is 0 Å². The molecule has 0 N–H and O–H groups in total.